The van der Waals surface area contributed by atoms with Crippen LogP contribution in [0.3, 0.4) is 0 Å². The van der Waals surface area contributed by atoms with Gasteiger partial charge in [0, 0.05) is 16.3 Å². The molecule has 0 aliphatic carbocycles. The van der Waals surface area contributed by atoms with Gasteiger partial charge in [-0.1, -0.05) is 23.7 Å². The van der Waals surface area contributed by atoms with Crippen molar-refractivity contribution in [2.75, 3.05) is 12.3 Å². The van der Waals surface area contributed by atoms with Crippen molar-refractivity contribution >= 4 is 23.4 Å². The number of hydrogen-bond donors (Lipinski definition) is 1. The van der Waals surface area contributed by atoms with Gasteiger partial charge in [0.05, 0.1) is 0 Å². The molecule has 1 heterocycles. The van der Waals surface area contributed by atoms with E-state index in [-0.39, 0.29) is 4.75 Å². The van der Waals surface area contributed by atoms with Gasteiger partial charge in [0.2, 0.25) is 0 Å². The molecule has 0 aromatic heterocycles. The minimum atomic E-state index is 0.235. The Kier molecular flexibility index (Phi) is 3.83. The Labute approximate surface area is 107 Å². The highest BCUT2D eigenvalue weighted by molar-refractivity contribution is 8.00. The van der Waals surface area contributed by atoms with Crippen molar-refractivity contribution in [2.45, 2.75) is 30.9 Å². The third kappa shape index (κ3) is 2.55. The highest BCUT2D eigenvalue weighted by Gasteiger charge is 2.33. The Bertz CT molecular complexity index is 372. The van der Waals surface area contributed by atoms with Crippen LogP contribution in [0.15, 0.2) is 18.2 Å². The summed E-state index contributed by atoms with van der Waals surface area (Å²) in [5.74, 6) is 1.24. The molecule has 3 heteroatoms. The zero-order valence-corrected chi connectivity index (χ0v) is 11.2. The molecule has 1 aliphatic heterocycles. The first-order valence-corrected chi connectivity index (χ1v) is 7.11. The Balaban J connectivity index is 2.19. The number of aryl methyl sites for hydroxylation is 1. The SMILES string of the molecule is Cc1ccc(CC2(CN)CCCS2)c(Cl)c1. The summed E-state index contributed by atoms with van der Waals surface area (Å²) in [6, 6.07) is 6.32. The minimum absolute atomic E-state index is 0.235. The number of halogens is 1. The third-order valence-corrected chi connectivity index (χ3v) is 5.25. The van der Waals surface area contributed by atoms with Gasteiger partial charge in [0.15, 0.2) is 0 Å². The van der Waals surface area contributed by atoms with E-state index in [0.29, 0.717) is 0 Å². The summed E-state index contributed by atoms with van der Waals surface area (Å²) < 4.78 is 0.235. The summed E-state index contributed by atoms with van der Waals surface area (Å²) in [6.45, 7) is 2.82. The standard InChI is InChI=1S/C13H18ClNS/c1-10-3-4-11(12(14)7-10)8-13(9-15)5-2-6-16-13/h3-4,7H,2,5-6,8-9,15H2,1H3. The van der Waals surface area contributed by atoms with Crippen LogP contribution in [0.1, 0.15) is 24.0 Å². The van der Waals surface area contributed by atoms with Crippen molar-refractivity contribution in [3.05, 3.63) is 34.3 Å². The molecule has 1 aliphatic rings. The molecule has 16 heavy (non-hydrogen) atoms. The summed E-state index contributed by atoms with van der Waals surface area (Å²) >= 11 is 8.29. The van der Waals surface area contributed by atoms with Crippen molar-refractivity contribution in [3.63, 3.8) is 0 Å². The van der Waals surface area contributed by atoms with Crippen LogP contribution in [0, 0.1) is 6.92 Å². The van der Waals surface area contributed by atoms with Gasteiger partial charge in [-0.25, -0.2) is 0 Å². The molecule has 1 unspecified atom stereocenters. The number of nitrogens with two attached hydrogens (primary N) is 1. The second-order valence-corrected chi connectivity index (χ2v) is 6.58. The first-order chi connectivity index (χ1) is 7.65. The predicted octanol–water partition coefficient (Wildman–Crippen LogP) is 3.42. The molecule has 0 spiro atoms. The van der Waals surface area contributed by atoms with Gasteiger partial charge in [0.1, 0.15) is 0 Å². The molecule has 0 saturated carbocycles. The normalized spacial score (nSPS) is 24.9. The molecule has 1 aromatic rings. The molecule has 88 valence electrons. The molecule has 1 saturated heterocycles. The molecular weight excluding hydrogens is 238 g/mol. The molecule has 1 nitrogen and oxygen atoms in total. The van der Waals surface area contributed by atoms with Gasteiger partial charge < -0.3 is 5.73 Å². The van der Waals surface area contributed by atoms with Gasteiger partial charge in [-0.15, -0.1) is 0 Å². The summed E-state index contributed by atoms with van der Waals surface area (Å²) in [7, 11) is 0. The van der Waals surface area contributed by atoms with E-state index in [2.05, 4.69) is 19.1 Å². The largest absolute Gasteiger partial charge is 0.329 e. The Morgan fingerprint density at radius 2 is 2.31 bits per heavy atom. The first-order valence-electron chi connectivity index (χ1n) is 5.74. The Morgan fingerprint density at radius 1 is 1.50 bits per heavy atom. The van der Waals surface area contributed by atoms with Crippen LogP contribution in [0.4, 0.5) is 0 Å². The van der Waals surface area contributed by atoms with Gasteiger partial charge in [-0.3, -0.25) is 0 Å². The fourth-order valence-electron chi connectivity index (χ4n) is 2.27. The summed E-state index contributed by atoms with van der Waals surface area (Å²) in [4.78, 5) is 0. The predicted molar refractivity (Wildman–Crippen MR) is 73.4 cm³/mol. The summed E-state index contributed by atoms with van der Waals surface area (Å²) in [5.41, 5.74) is 8.39. The zero-order chi connectivity index (χ0) is 11.6. The maximum Gasteiger partial charge on any atom is 0.0441 e. The molecule has 1 fully saturated rings. The van der Waals surface area contributed by atoms with E-state index in [4.69, 9.17) is 17.3 Å². The van der Waals surface area contributed by atoms with Crippen molar-refractivity contribution in [2.24, 2.45) is 5.73 Å². The number of rotatable bonds is 3. The Morgan fingerprint density at radius 3 is 2.88 bits per heavy atom. The van der Waals surface area contributed by atoms with E-state index in [0.717, 1.165) is 18.0 Å². The van der Waals surface area contributed by atoms with Crippen LogP contribution in [0.2, 0.25) is 5.02 Å². The highest BCUT2D eigenvalue weighted by atomic mass is 35.5. The van der Waals surface area contributed by atoms with Crippen LogP contribution in [-0.4, -0.2) is 17.0 Å². The summed E-state index contributed by atoms with van der Waals surface area (Å²) in [6.07, 6.45) is 3.51. The maximum absolute atomic E-state index is 6.28. The third-order valence-electron chi connectivity index (χ3n) is 3.28. The summed E-state index contributed by atoms with van der Waals surface area (Å²) in [5, 5.41) is 0.889. The lowest BCUT2D eigenvalue weighted by Crippen LogP contribution is -2.34. The van der Waals surface area contributed by atoms with E-state index in [1.54, 1.807) is 0 Å². The molecule has 1 atom stereocenters. The lowest BCUT2D eigenvalue weighted by molar-refractivity contribution is 0.565. The molecule has 0 bridgehead atoms. The van der Waals surface area contributed by atoms with Crippen LogP contribution >= 0.6 is 23.4 Å². The average molecular weight is 256 g/mol. The fourth-order valence-corrected chi connectivity index (χ4v) is 3.96. The van der Waals surface area contributed by atoms with Crippen LogP contribution < -0.4 is 5.73 Å². The first kappa shape index (κ1) is 12.3. The monoisotopic (exact) mass is 255 g/mol. The molecule has 1 aromatic carbocycles. The fraction of sp³-hybridized carbons (Fsp3) is 0.538. The van der Waals surface area contributed by atoms with Crippen LogP contribution in [0.5, 0.6) is 0 Å². The van der Waals surface area contributed by atoms with Crippen molar-refractivity contribution in [1.82, 2.24) is 0 Å². The van der Waals surface area contributed by atoms with Crippen molar-refractivity contribution in [1.29, 1.82) is 0 Å². The van der Waals surface area contributed by atoms with Gasteiger partial charge in [-0.05, 0) is 49.1 Å². The van der Waals surface area contributed by atoms with Gasteiger partial charge >= 0.3 is 0 Å². The molecule has 2 rings (SSSR count). The van der Waals surface area contributed by atoms with Crippen LogP contribution in [-0.2, 0) is 6.42 Å². The van der Waals surface area contributed by atoms with Gasteiger partial charge in [0.25, 0.3) is 0 Å². The van der Waals surface area contributed by atoms with Crippen molar-refractivity contribution in [3.8, 4) is 0 Å². The van der Waals surface area contributed by atoms with E-state index in [1.807, 2.05) is 17.8 Å². The number of benzene rings is 1. The number of hydrogen-bond acceptors (Lipinski definition) is 2. The molecule has 0 radical (unpaired) electrons. The van der Waals surface area contributed by atoms with E-state index in [9.17, 15) is 0 Å². The quantitative estimate of drug-likeness (QED) is 0.896. The average Bonchev–Trinajstić information content (AvgIpc) is 2.72. The zero-order valence-electron chi connectivity index (χ0n) is 9.63. The number of thioether (sulfide) groups is 1. The lowest BCUT2D eigenvalue weighted by atomic mass is 9.94. The lowest BCUT2D eigenvalue weighted by Gasteiger charge is -2.26. The second-order valence-electron chi connectivity index (χ2n) is 4.61. The molecule has 2 N–H and O–H groups in total. The van der Waals surface area contributed by atoms with E-state index in [1.165, 1.54) is 29.7 Å². The van der Waals surface area contributed by atoms with Crippen LogP contribution in [0.25, 0.3) is 0 Å². The van der Waals surface area contributed by atoms with Gasteiger partial charge in [-0.2, -0.15) is 11.8 Å². The Hall–Kier alpha value is -0.180. The molecular formula is C13H18ClNS. The topological polar surface area (TPSA) is 26.0 Å². The van der Waals surface area contributed by atoms with E-state index >= 15 is 0 Å². The molecule has 0 amide bonds. The smallest absolute Gasteiger partial charge is 0.0441 e. The van der Waals surface area contributed by atoms with Crippen molar-refractivity contribution < 1.29 is 0 Å². The maximum atomic E-state index is 6.28. The highest BCUT2D eigenvalue weighted by Crippen LogP contribution is 2.41. The minimum Gasteiger partial charge on any atom is -0.329 e. The second kappa shape index (κ2) is 4.99. The van der Waals surface area contributed by atoms with E-state index < -0.39 is 0 Å².